The van der Waals surface area contributed by atoms with Crippen LogP contribution in [-0.2, 0) is 20.0 Å². The first-order valence-corrected chi connectivity index (χ1v) is 30.5. The van der Waals surface area contributed by atoms with E-state index >= 15 is 0 Å². The fourth-order valence-corrected chi connectivity index (χ4v) is 14.3. The van der Waals surface area contributed by atoms with Crippen LogP contribution in [0.2, 0.25) is 10.0 Å². The summed E-state index contributed by atoms with van der Waals surface area (Å²) < 4.78 is 59.8. The Morgan fingerprint density at radius 1 is 0.622 bits per heavy atom. The zero-order valence-electron chi connectivity index (χ0n) is 43.1. The van der Waals surface area contributed by atoms with Crippen LogP contribution in [0.4, 0.5) is 11.9 Å². The number of piperidine rings is 2. The molecule has 0 unspecified atom stereocenters. The molecular weight excluding hydrogens is 1190 g/mol. The van der Waals surface area contributed by atoms with Crippen molar-refractivity contribution in [1.29, 1.82) is 0 Å². The molecule has 6 N–H and O–H groups in total. The molecule has 2 saturated heterocycles. The number of rotatable bonds is 14. The number of nitrogens with two attached hydrogens (primary N) is 1. The van der Waals surface area contributed by atoms with Crippen molar-refractivity contribution in [3.05, 3.63) is 166 Å². The maximum absolute atomic E-state index is 13.2. The highest BCUT2D eigenvalue weighted by atomic mass is 35.5. The van der Waals surface area contributed by atoms with Gasteiger partial charge in [-0.15, -0.1) is 35.1 Å². The fraction of sp³-hybridized carbons (Fsp3) is 0.185. The lowest BCUT2D eigenvalue weighted by atomic mass is 10.1. The number of sulfonamides is 2. The zero-order valence-corrected chi connectivity index (χ0v) is 48.6. The van der Waals surface area contributed by atoms with Gasteiger partial charge in [0.1, 0.15) is 17.7 Å². The van der Waals surface area contributed by atoms with Crippen LogP contribution < -0.4 is 16.5 Å². The number of hydrogen-bond donors (Lipinski definition) is 5. The first-order chi connectivity index (χ1) is 39.3. The Morgan fingerprint density at radius 3 is 1.50 bits per heavy atom. The number of aldehydes is 1. The van der Waals surface area contributed by atoms with E-state index in [1.807, 2.05) is 80.5 Å². The topological polar surface area (TPSA) is 281 Å². The molecule has 0 radical (unpaired) electrons. The third-order valence-electron chi connectivity index (χ3n) is 13.3. The Hall–Kier alpha value is -7.27. The van der Waals surface area contributed by atoms with Gasteiger partial charge in [0.05, 0.1) is 38.8 Å². The first-order valence-electron chi connectivity index (χ1n) is 25.1. The number of oxime groups is 1. The van der Waals surface area contributed by atoms with Crippen LogP contribution in [0.5, 0.6) is 0 Å². The molecule has 2 atom stereocenters. The minimum atomic E-state index is -3.65. The molecule has 0 spiro atoms. The first kappa shape index (κ1) is 59.4. The molecule has 0 saturated carbocycles. The highest BCUT2D eigenvalue weighted by Crippen LogP contribution is 2.36. The Bertz CT molecular complexity index is 4110. The summed E-state index contributed by atoms with van der Waals surface area (Å²) in [7, 11) is -7.30. The second kappa shape index (κ2) is 26.3. The molecule has 82 heavy (non-hydrogen) atoms. The number of nitrogens with zero attached hydrogens (tertiary/aromatic N) is 11. The predicted octanol–water partition coefficient (Wildman–Crippen LogP) is 10.3. The van der Waals surface area contributed by atoms with Gasteiger partial charge in [0.2, 0.25) is 31.9 Å². The van der Waals surface area contributed by atoms with Crippen molar-refractivity contribution in [3.8, 4) is 45.3 Å². The minimum Gasteiger partial charge on any atom is -0.411 e. The van der Waals surface area contributed by atoms with Gasteiger partial charge < -0.3 is 21.0 Å². The average Bonchev–Trinajstić information content (AvgIpc) is 3.94. The predicted molar refractivity (Wildman–Crippen MR) is 321 cm³/mol. The lowest BCUT2D eigenvalue weighted by Gasteiger charge is -2.32. The molecule has 28 heteroatoms. The van der Waals surface area contributed by atoms with Gasteiger partial charge >= 0.3 is 0 Å². The summed E-state index contributed by atoms with van der Waals surface area (Å²) >= 11 is 14.9. The van der Waals surface area contributed by atoms with E-state index < -0.39 is 20.0 Å². The SMILES string of the molecule is Cl.NO.O=Cc1cccc(-c2nc3sccn3c2-c2ccnc(N[C@@H]3CCCN(S(=O)(=O)c4ccc(Cl)cc4)C3)n2)c1.O=S(=O)(c1ccc(Cl)cc1)N1CCC[C@@H](Nc2nccc(-c3c(-c4cccc(/C=N\O)c4)nc4sccn34)n2)C1. The van der Waals surface area contributed by atoms with E-state index in [0.717, 1.165) is 62.8 Å². The molecule has 0 amide bonds. The third kappa shape index (κ3) is 13.0. The summed E-state index contributed by atoms with van der Waals surface area (Å²) in [6, 6.07) is 30.6. The Morgan fingerprint density at radius 2 is 1.06 bits per heavy atom. The normalized spacial score (nSPS) is 16.0. The van der Waals surface area contributed by atoms with Crippen LogP contribution in [0, 0.1) is 0 Å². The summed E-state index contributed by atoms with van der Waals surface area (Å²) in [6.45, 7) is 1.48. The van der Waals surface area contributed by atoms with Crippen molar-refractivity contribution in [2.24, 2.45) is 11.1 Å². The quantitative estimate of drug-likeness (QED) is 0.0293. The number of carbonyl (C=O) groups excluding carboxylic acids is 1. The van der Waals surface area contributed by atoms with Crippen molar-refractivity contribution in [1.82, 2.24) is 47.3 Å². The number of thiazole rings is 2. The van der Waals surface area contributed by atoms with Gasteiger partial charge in [-0.2, -0.15) is 8.61 Å². The van der Waals surface area contributed by atoms with Gasteiger partial charge in [0, 0.05) is 101 Å². The van der Waals surface area contributed by atoms with Crippen LogP contribution >= 0.6 is 58.3 Å². The summed E-state index contributed by atoms with van der Waals surface area (Å²) in [6.07, 6.45) is 12.4. The van der Waals surface area contributed by atoms with E-state index in [-0.39, 0.29) is 34.3 Å². The average molecular weight is 1240 g/mol. The van der Waals surface area contributed by atoms with Crippen LogP contribution in [-0.4, -0.2) is 125 Å². The Labute approximate surface area is 495 Å². The van der Waals surface area contributed by atoms with Crippen molar-refractivity contribution in [2.75, 3.05) is 36.8 Å². The smallest absolute Gasteiger partial charge is 0.243 e. The highest BCUT2D eigenvalue weighted by Gasteiger charge is 2.33. The van der Waals surface area contributed by atoms with Gasteiger partial charge in [0.15, 0.2) is 9.92 Å². The number of fused-ring (bicyclic) bond motifs is 2. The van der Waals surface area contributed by atoms with Crippen LogP contribution in [0.25, 0.3) is 55.2 Å². The van der Waals surface area contributed by atoms with E-state index in [4.69, 9.17) is 53.6 Å². The van der Waals surface area contributed by atoms with E-state index in [2.05, 4.69) is 31.7 Å². The molecule has 0 bridgehead atoms. The number of hydrogen-bond acceptors (Lipinski definition) is 19. The summed E-state index contributed by atoms with van der Waals surface area (Å²) in [5, 5.41) is 30.2. The fourth-order valence-electron chi connectivity index (χ4n) is 9.61. The van der Waals surface area contributed by atoms with Crippen molar-refractivity contribution < 1.29 is 32.0 Å². The van der Waals surface area contributed by atoms with Gasteiger partial charge in [-0.05, 0) is 104 Å². The number of anilines is 2. The molecule has 2 fully saturated rings. The molecule has 6 aromatic heterocycles. The molecule has 12 rings (SSSR count). The monoisotopic (exact) mass is 1240 g/mol. The molecule has 0 aliphatic carbocycles. The van der Waals surface area contributed by atoms with Gasteiger partial charge in [-0.3, -0.25) is 13.6 Å². The van der Waals surface area contributed by atoms with Crippen LogP contribution in [0.1, 0.15) is 41.6 Å². The number of halogens is 3. The molecule has 8 heterocycles. The molecular formula is C54H51Cl3N14O7S4. The second-order valence-corrected chi connectivity index (χ2v) is 25.0. The minimum absolute atomic E-state index is 0. The molecule has 424 valence electrons. The van der Waals surface area contributed by atoms with E-state index in [1.165, 1.54) is 61.8 Å². The summed E-state index contributed by atoms with van der Waals surface area (Å²) in [4.78, 5) is 41.6. The standard InChI is InChI=1S/C27H24ClN7O3S2.C27H23ClN6O3S2.ClH.H3NO/c28-20-6-8-22(9-7-20)40(37,38)34-12-2-5-21(17-34)31-26-29-11-10-23(32-26)25-24(33-27-35(25)13-14-39-27)19-4-1-3-18(15-19)16-30-36;28-20-6-8-22(9-7-20)39(36,37)33-12-2-5-21(16-33)30-26-29-11-10-23(31-26)25-24(32-27-34(25)13-14-38-27)19-4-1-3-18(15-19)17-35;;1-2/h1,3-4,6-11,13-16,21,36H,2,5,12,17H2,(H,29,31,32);1,3-4,6-11,13-15,17,21H,2,5,12,16H2,(H,29,30,31);1H;2H,1H2/b30-16-;;;/t2*21-;;/m11../s1. The highest BCUT2D eigenvalue weighted by molar-refractivity contribution is 7.89. The van der Waals surface area contributed by atoms with Crippen LogP contribution in [0.3, 0.4) is 0 Å². The molecule has 2 aliphatic heterocycles. The second-order valence-electron chi connectivity index (χ2n) is 18.5. The number of benzene rings is 4. The Kier molecular flexibility index (Phi) is 19.1. The van der Waals surface area contributed by atoms with E-state index in [9.17, 15) is 21.6 Å². The number of aromatic nitrogens is 8. The Balaban J connectivity index is 0.000000190. The summed E-state index contributed by atoms with van der Waals surface area (Å²) in [5.41, 5.74) is 7.34. The molecule has 21 nitrogen and oxygen atoms in total. The van der Waals surface area contributed by atoms with Gasteiger partial charge in [-0.25, -0.2) is 52.6 Å². The van der Waals surface area contributed by atoms with Crippen LogP contribution in [0.15, 0.2) is 160 Å². The largest absolute Gasteiger partial charge is 0.411 e. The number of imidazole rings is 2. The van der Waals surface area contributed by atoms with Gasteiger partial charge in [-0.1, -0.05) is 64.8 Å². The van der Waals surface area contributed by atoms with Gasteiger partial charge in [0.25, 0.3) is 0 Å². The van der Waals surface area contributed by atoms with Crippen molar-refractivity contribution in [3.63, 3.8) is 0 Å². The third-order valence-corrected chi connectivity index (χ3v) is 19.1. The van der Waals surface area contributed by atoms with E-state index in [1.54, 1.807) is 48.8 Å². The number of nitrogens with one attached hydrogen (secondary N) is 2. The number of carbonyl (C=O) groups is 1. The van der Waals surface area contributed by atoms with Crippen molar-refractivity contribution in [2.45, 2.75) is 47.6 Å². The zero-order chi connectivity index (χ0) is 56.7. The van der Waals surface area contributed by atoms with Crippen molar-refractivity contribution >= 4 is 113 Å². The maximum Gasteiger partial charge on any atom is 0.243 e. The maximum atomic E-state index is 13.2. The lowest BCUT2D eigenvalue weighted by molar-refractivity contribution is 0.112. The molecule has 10 aromatic rings. The van der Waals surface area contributed by atoms with E-state index in [0.29, 0.717) is 83.6 Å². The summed E-state index contributed by atoms with van der Waals surface area (Å²) in [5.74, 6) is 4.31. The molecule has 4 aromatic carbocycles. The molecule has 2 aliphatic rings. The lowest BCUT2D eigenvalue weighted by Crippen LogP contribution is -2.45.